The minimum atomic E-state index is 0.103. The van der Waals surface area contributed by atoms with Gasteiger partial charge in [0, 0.05) is 13.6 Å². The average molecular weight is 353 g/mol. The summed E-state index contributed by atoms with van der Waals surface area (Å²) in [7, 11) is 3.83. The molecular weight excluding hydrogens is 330 g/mol. The molecule has 0 unspecified atom stereocenters. The number of nitrogens with zero attached hydrogens (tertiary/aromatic N) is 3. The number of hydrogen-bond donors (Lipinski definition) is 0. The summed E-state index contributed by atoms with van der Waals surface area (Å²) < 4.78 is 1.19. The monoisotopic (exact) mass is 353 g/mol. The van der Waals surface area contributed by atoms with Crippen LogP contribution in [-0.4, -0.2) is 41.3 Å². The molecule has 0 aliphatic rings. The van der Waals surface area contributed by atoms with Crippen LogP contribution in [0.5, 0.6) is 0 Å². The number of aromatic nitrogens is 1. The Balaban J connectivity index is 1.62. The van der Waals surface area contributed by atoms with Gasteiger partial charge in [0.25, 0.3) is 0 Å². The van der Waals surface area contributed by atoms with Crippen molar-refractivity contribution >= 4 is 27.5 Å². The summed E-state index contributed by atoms with van der Waals surface area (Å²) in [6, 6.07) is 18.3. The number of hydrogen-bond acceptors (Lipinski definition) is 4. The average Bonchev–Trinajstić information content (AvgIpc) is 3.05. The number of benzene rings is 2. The molecule has 0 N–H and O–H groups in total. The summed E-state index contributed by atoms with van der Waals surface area (Å²) in [5.74, 6) is 0.110. The molecule has 5 heteroatoms. The van der Waals surface area contributed by atoms with Crippen LogP contribution in [0.2, 0.25) is 0 Å². The minimum absolute atomic E-state index is 0.103. The Hall–Kier alpha value is -2.24. The molecule has 0 aliphatic carbocycles. The van der Waals surface area contributed by atoms with Crippen molar-refractivity contribution in [1.29, 1.82) is 0 Å². The quantitative estimate of drug-likeness (QED) is 0.673. The molecule has 0 fully saturated rings. The lowest BCUT2D eigenvalue weighted by Crippen LogP contribution is -2.37. The number of carbonyl (C=O) groups is 1. The van der Waals surface area contributed by atoms with Crippen molar-refractivity contribution in [3.05, 3.63) is 65.2 Å². The van der Waals surface area contributed by atoms with Gasteiger partial charge >= 0.3 is 0 Å². The molecule has 25 heavy (non-hydrogen) atoms. The fraction of sp³-hybridized carbons (Fsp3) is 0.300. The third kappa shape index (κ3) is 4.24. The molecule has 3 rings (SSSR count). The number of rotatable bonds is 6. The standard InChI is InChI=1S/C20H23N3OS/c1-15(20-21-17-11-7-8-12-18(17)25-20)22(2)14-19(24)23(3)13-16-9-5-4-6-10-16/h4-12,15H,13-14H2,1-3H3/t15-/m0/s1. The summed E-state index contributed by atoms with van der Waals surface area (Å²) in [6.07, 6.45) is 0. The molecule has 4 nitrogen and oxygen atoms in total. The van der Waals surface area contributed by atoms with E-state index >= 15 is 0 Å². The van der Waals surface area contributed by atoms with Crippen LogP contribution in [0.1, 0.15) is 23.5 Å². The van der Waals surface area contributed by atoms with E-state index in [0.717, 1.165) is 16.1 Å². The number of likely N-dealkylation sites (N-methyl/N-ethyl adjacent to an activating group) is 2. The predicted molar refractivity (Wildman–Crippen MR) is 104 cm³/mol. The van der Waals surface area contributed by atoms with E-state index in [9.17, 15) is 4.79 Å². The first-order valence-corrected chi connectivity index (χ1v) is 9.20. The number of carbonyl (C=O) groups excluding carboxylic acids is 1. The van der Waals surface area contributed by atoms with Gasteiger partial charge < -0.3 is 4.90 Å². The van der Waals surface area contributed by atoms with Crippen molar-refractivity contribution in [3.8, 4) is 0 Å². The summed E-state index contributed by atoms with van der Waals surface area (Å²) in [5, 5.41) is 1.04. The van der Waals surface area contributed by atoms with E-state index < -0.39 is 0 Å². The van der Waals surface area contributed by atoms with Crippen molar-refractivity contribution in [2.24, 2.45) is 0 Å². The van der Waals surface area contributed by atoms with Crippen molar-refractivity contribution in [2.45, 2.75) is 19.5 Å². The Morgan fingerprint density at radius 3 is 2.48 bits per heavy atom. The zero-order valence-electron chi connectivity index (χ0n) is 14.8. The molecule has 1 aromatic heterocycles. The Morgan fingerprint density at radius 2 is 1.76 bits per heavy atom. The van der Waals surface area contributed by atoms with Crippen LogP contribution in [0.4, 0.5) is 0 Å². The van der Waals surface area contributed by atoms with E-state index in [-0.39, 0.29) is 11.9 Å². The summed E-state index contributed by atoms with van der Waals surface area (Å²) >= 11 is 1.69. The highest BCUT2D eigenvalue weighted by Crippen LogP contribution is 2.28. The van der Waals surface area contributed by atoms with Gasteiger partial charge in [-0.3, -0.25) is 9.69 Å². The van der Waals surface area contributed by atoms with Crippen molar-refractivity contribution < 1.29 is 4.79 Å². The first kappa shape index (κ1) is 17.6. The van der Waals surface area contributed by atoms with E-state index in [1.807, 2.05) is 62.6 Å². The number of thiazole rings is 1. The molecule has 1 amide bonds. The van der Waals surface area contributed by atoms with Gasteiger partial charge in [0.1, 0.15) is 5.01 Å². The molecule has 1 atom stereocenters. The molecule has 2 aromatic carbocycles. The molecule has 0 spiro atoms. The molecule has 1 heterocycles. The van der Waals surface area contributed by atoms with E-state index in [1.54, 1.807) is 16.2 Å². The van der Waals surface area contributed by atoms with E-state index in [2.05, 4.69) is 17.9 Å². The summed E-state index contributed by atoms with van der Waals surface area (Å²) in [4.78, 5) is 21.1. The van der Waals surface area contributed by atoms with Crippen LogP contribution in [-0.2, 0) is 11.3 Å². The second kappa shape index (κ2) is 7.76. The fourth-order valence-corrected chi connectivity index (χ4v) is 3.76. The van der Waals surface area contributed by atoms with E-state index in [0.29, 0.717) is 13.1 Å². The SMILES string of the molecule is C[C@@H](c1nc2ccccc2s1)N(C)CC(=O)N(C)Cc1ccccc1. The van der Waals surface area contributed by atoms with Gasteiger partial charge in [0.2, 0.25) is 5.91 Å². The second-order valence-corrected chi connectivity index (χ2v) is 7.41. The maximum absolute atomic E-state index is 12.5. The Kier molecular flexibility index (Phi) is 5.46. The molecule has 0 saturated carbocycles. The molecule has 0 saturated heterocycles. The van der Waals surface area contributed by atoms with Gasteiger partial charge in [-0.1, -0.05) is 42.5 Å². The van der Waals surface area contributed by atoms with Crippen LogP contribution in [0.25, 0.3) is 10.2 Å². The fourth-order valence-electron chi connectivity index (χ4n) is 2.67. The van der Waals surface area contributed by atoms with Crippen LogP contribution in [0.15, 0.2) is 54.6 Å². The third-order valence-corrected chi connectivity index (χ3v) is 5.61. The largest absolute Gasteiger partial charge is 0.340 e. The molecule has 0 radical (unpaired) electrons. The number of fused-ring (bicyclic) bond motifs is 1. The topological polar surface area (TPSA) is 36.4 Å². The normalized spacial score (nSPS) is 12.5. The first-order valence-electron chi connectivity index (χ1n) is 8.38. The van der Waals surface area contributed by atoms with Crippen LogP contribution in [0.3, 0.4) is 0 Å². The predicted octanol–water partition coefficient (Wildman–Crippen LogP) is 3.95. The number of para-hydroxylation sites is 1. The Labute approximate surface area is 152 Å². The maximum Gasteiger partial charge on any atom is 0.236 e. The first-order chi connectivity index (χ1) is 12.0. The molecule has 0 bridgehead atoms. The lowest BCUT2D eigenvalue weighted by molar-refractivity contribution is -0.131. The van der Waals surface area contributed by atoms with Crippen LogP contribution >= 0.6 is 11.3 Å². The van der Waals surface area contributed by atoms with Gasteiger partial charge in [-0.2, -0.15) is 0 Å². The zero-order valence-corrected chi connectivity index (χ0v) is 15.7. The van der Waals surface area contributed by atoms with Crippen molar-refractivity contribution in [2.75, 3.05) is 20.6 Å². The smallest absolute Gasteiger partial charge is 0.236 e. The summed E-state index contributed by atoms with van der Waals surface area (Å²) in [5.41, 5.74) is 2.16. The second-order valence-electron chi connectivity index (χ2n) is 6.35. The van der Waals surface area contributed by atoms with Gasteiger partial charge in [-0.05, 0) is 31.7 Å². The molecule has 130 valence electrons. The summed E-state index contributed by atoms with van der Waals surface area (Å²) in [6.45, 7) is 3.10. The Bertz CT molecular complexity index is 813. The van der Waals surface area contributed by atoms with Crippen LogP contribution < -0.4 is 0 Å². The van der Waals surface area contributed by atoms with Gasteiger partial charge in [0.05, 0.1) is 22.8 Å². The molecular formula is C20H23N3OS. The van der Waals surface area contributed by atoms with Gasteiger partial charge in [0.15, 0.2) is 0 Å². The lowest BCUT2D eigenvalue weighted by atomic mass is 10.2. The molecule has 3 aromatic rings. The van der Waals surface area contributed by atoms with Gasteiger partial charge in [-0.25, -0.2) is 4.98 Å². The lowest BCUT2D eigenvalue weighted by Gasteiger charge is -2.25. The third-order valence-electron chi connectivity index (χ3n) is 4.40. The molecule has 0 aliphatic heterocycles. The maximum atomic E-state index is 12.5. The highest BCUT2D eigenvalue weighted by atomic mass is 32.1. The van der Waals surface area contributed by atoms with Crippen molar-refractivity contribution in [3.63, 3.8) is 0 Å². The number of amides is 1. The minimum Gasteiger partial charge on any atom is -0.340 e. The van der Waals surface area contributed by atoms with E-state index in [4.69, 9.17) is 4.98 Å². The van der Waals surface area contributed by atoms with E-state index in [1.165, 1.54) is 4.70 Å². The highest BCUT2D eigenvalue weighted by molar-refractivity contribution is 7.18. The zero-order chi connectivity index (χ0) is 17.8. The van der Waals surface area contributed by atoms with Gasteiger partial charge in [-0.15, -0.1) is 11.3 Å². The van der Waals surface area contributed by atoms with Crippen LogP contribution in [0, 0.1) is 0 Å². The highest BCUT2D eigenvalue weighted by Gasteiger charge is 2.20. The van der Waals surface area contributed by atoms with Crippen molar-refractivity contribution in [1.82, 2.24) is 14.8 Å². The Morgan fingerprint density at radius 1 is 1.08 bits per heavy atom.